The van der Waals surface area contributed by atoms with Crippen molar-refractivity contribution >= 4 is 0 Å². The first kappa shape index (κ1) is 20.9. The van der Waals surface area contributed by atoms with E-state index >= 15 is 0 Å². The van der Waals surface area contributed by atoms with Crippen molar-refractivity contribution in [1.82, 2.24) is 0 Å². The van der Waals surface area contributed by atoms with E-state index in [4.69, 9.17) is 0 Å². The summed E-state index contributed by atoms with van der Waals surface area (Å²) in [5.41, 5.74) is 3.87. The van der Waals surface area contributed by atoms with Crippen LogP contribution in [-0.2, 0) is 0 Å². The summed E-state index contributed by atoms with van der Waals surface area (Å²) in [5, 5.41) is 20.6. The summed E-state index contributed by atoms with van der Waals surface area (Å²) in [5.74, 6) is 2.26. The molecule has 0 aromatic rings. The summed E-state index contributed by atoms with van der Waals surface area (Å²) in [6.07, 6.45) is 13.2. The summed E-state index contributed by atoms with van der Waals surface area (Å²) in [4.78, 5) is 0. The highest BCUT2D eigenvalue weighted by Crippen LogP contribution is 2.59. The van der Waals surface area contributed by atoms with Crippen molar-refractivity contribution in [3.8, 4) is 0 Å². The molecule has 0 bridgehead atoms. The van der Waals surface area contributed by atoms with Gasteiger partial charge in [-0.1, -0.05) is 64.8 Å². The normalized spacial score (nSPS) is 43.9. The average Bonchev–Trinajstić information content (AvgIpc) is 2.99. The second-order valence-corrected chi connectivity index (χ2v) is 9.90. The van der Waals surface area contributed by atoms with Gasteiger partial charge in [-0.3, -0.25) is 0 Å². The van der Waals surface area contributed by atoms with E-state index in [1.165, 1.54) is 44.9 Å². The highest BCUT2D eigenvalue weighted by atomic mass is 16.3. The fraction of sp³-hybridized carbons (Fsp3) is 0.760. The quantitative estimate of drug-likeness (QED) is 0.654. The topological polar surface area (TPSA) is 40.5 Å². The van der Waals surface area contributed by atoms with Gasteiger partial charge in [-0.25, -0.2) is 0 Å². The number of aliphatic hydroxyl groups excluding tert-OH is 2. The molecule has 0 radical (unpaired) electrons. The Bertz CT molecular complexity index is 616. The lowest BCUT2D eigenvalue weighted by molar-refractivity contribution is 0.0283. The number of allylic oxidation sites excluding steroid dienone is 3. The van der Waals surface area contributed by atoms with E-state index in [0.717, 1.165) is 23.0 Å². The molecule has 0 aromatic heterocycles. The van der Waals surface area contributed by atoms with Gasteiger partial charge in [0.25, 0.3) is 0 Å². The first-order valence-electron chi connectivity index (χ1n) is 11.2. The Morgan fingerprint density at radius 2 is 2.00 bits per heavy atom. The van der Waals surface area contributed by atoms with E-state index in [0.29, 0.717) is 17.8 Å². The molecular formula is C25H40O2. The van der Waals surface area contributed by atoms with Crippen LogP contribution in [0, 0.1) is 29.1 Å². The lowest BCUT2D eigenvalue weighted by Crippen LogP contribution is -2.36. The monoisotopic (exact) mass is 372 g/mol. The molecule has 3 aliphatic carbocycles. The first-order chi connectivity index (χ1) is 12.8. The molecule has 7 atom stereocenters. The minimum absolute atomic E-state index is 0.129. The standard InChI is InChI=1S/C25H40O2/c1-6-8-16(2)21-12-13-22-19(9-7-14-25(21,22)5)10-11-20-15-23(26)18(4)24(27)17(20)3/h10-11,16,18,21-24,26-27H,3,6-9,12-15H2,1-2,4-5H3/b19-10+,20-11-/t16-,18-,21+,22-,23-,24+,25+/m0/s1. The molecule has 0 unspecified atom stereocenters. The Kier molecular flexibility index (Phi) is 6.37. The lowest BCUT2D eigenvalue weighted by Gasteiger charge is -2.44. The molecule has 3 aliphatic rings. The summed E-state index contributed by atoms with van der Waals surface area (Å²) >= 11 is 0. The van der Waals surface area contributed by atoms with Gasteiger partial charge in [0.05, 0.1) is 12.2 Å². The van der Waals surface area contributed by atoms with Crippen molar-refractivity contribution in [2.75, 3.05) is 0 Å². The van der Waals surface area contributed by atoms with Crippen molar-refractivity contribution in [3.05, 3.63) is 35.5 Å². The van der Waals surface area contributed by atoms with Crippen LogP contribution in [0.4, 0.5) is 0 Å². The second kappa shape index (κ2) is 8.25. The fourth-order valence-electron chi connectivity index (χ4n) is 6.51. The highest BCUT2D eigenvalue weighted by Gasteiger charge is 2.50. The minimum Gasteiger partial charge on any atom is -0.392 e. The van der Waals surface area contributed by atoms with Crippen molar-refractivity contribution in [2.45, 2.75) is 91.3 Å². The van der Waals surface area contributed by atoms with Gasteiger partial charge >= 0.3 is 0 Å². The number of hydrogen-bond donors (Lipinski definition) is 2. The Hall–Kier alpha value is -0.860. The van der Waals surface area contributed by atoms with Gasteiger partial charge in [0.15, 0.2) is 0 Å². The third kappa shape index (κ3) is 3.85. The summed E-state index contributed by atoms with van der Waals surface area (Å²) < 4.78 is 0. The SMILES string of the molecule is C=C1/C(=C\C=C2/CCC[C@]3(C)[C@@H]([C@@H](C)CCC)CC[C@@H]23)C[C@H](O)[C@H](C)[C@@H]1O. The fourth-order valence-corrected chi connectivity index (χ4v) is 6.51. The van der Waals surface area contributed by atoms with Gasteiger partial charge in [0.1, 0.15) is 0 Å². The van der Waals surface area contributed by atoms with Gasteiger partial charge in [0.2, 0.25) is 0 Å². The third-order valence-corrected chi connectivity index (χ3v) is 8.27. The Labute approximate surface area is 166 Å². The van der Waals surface area contributed by atoms with E-state index in [-0.39, 0.29) is 5.92 Å². The molecule has 0 spiro atoms. The molecule has 0 aliphatic heterocycles. The zero-order chi connectivity index (χ0) is 19.8. The van der Waals surface area contributed by atoms with Crippen molar-refractivity contribution in [3.63, 3.8) is 0 Å². The molecule has 2 heteroatoms. The molecule has 3 rings (SSSR count). The third-order valence-electron chi connectivity index (χ3n) is 8.27. The van der Waals surface area contributed by atoms with Gasteiger partial charge < -0.3 is 10.2 Å². The van der Waals surface area contributed by atoms with Gasteiger partial charge in [-0.2, -0.15) is 0 Å². The predicted molar refractivity (Wildman–Crippen MR) is 113 cm³/mol. The van der Waals surface area contributed by atoms with Crippen LogP contribution in [0.2, 0.25) is 0 Å². The molecule has 0 heterocycles. The van der Waals surface area contributed by atoms with E-state index in [2.05, 4.69) is 39.5 Å². The summed E-state index contributed by atoms with van der Waals surface area (Å²) in [6.45, 7) is 13.3. The van der Waals surface area contributed by atoms with E-state index in [1.54, 1.807) is 5.57 Å². The van der Waals surface area contributed by atoms with Crippen LogP contribution in [0.1, 0.15) is 79.1 Å². The minimum atomic E-state index is -0.624. The van der Waals surface area contributed by atoms with Gasteiger partial charge in [0, 0.05) is 5.92 Å². The average molecular weight is 373 g/mol. The summed E-state index contributed by atoms with van der Waals surface area (Å²) in [7, 11) is 0. The van der Waals surface area contributed by atoms with Gasteiger partial charge in [-0.05, 0) is 72.8 Å². The number of fused-ring (bicyclic) bond motifs is 1. The van der Waals surface area contributed by atoms with Crippen LogP contribution in [-0.4, -0.2) is 22.4 Å². The van der Waals surface area contributed by atoms with Crippen LogP contribution >= 0.6 is 0 Å². The molecular weight excluding hydrogens is 332 g/mol. The molecule has 0 saturated heterocycles. The maximum Gasteiger partial charge on any atom is 0.0837 e. The smallest absolute Gasteiger partial charge is 0.0837 e. The van der Waals surface area contributed by atoms with Crippen LogP contribution in [0.3, 0.4) is 0 Å². The summed E-state index contributed by atoms with van der Waals surface area (Å²) in [6, 6.07) is 0. The largest absolute Gasteiger partial charge is 0.392 e. The van der Waals surface area contributed by atoms with E-state index in [9.17, 15) is 10.2 Å². The Morgan fingerprint density at radius 3 is 2.70 bits per heavy atom. The van der Waals surface area contributed by atoms with Gasteiger partial charge in [-0.15, -0.1) is 0 Å². The van der Waals surface area contributed by atoms with Crippen molar-refractivity contribution in [1.29, 1.82) is 0 Å². The second-order valence-electron chi connectivity index (χ2n) is 9.90. The molecule has 27 heavy (non-hydrogen) atoms. The first-order valence-corrected chi connectivity index (χ1v) is 11.2. The molecule has 0 amide bonds. The lowest BCUT2D eigenvalue weighted by atomic mass is 9.60. The van der Waals surface area contributed by atoms with Crippen LogP contribution in [0.15, 0.2) is 35.5 Å². The Balaban J connectivity index is 1.80. The predicted octanol–water partition coefficient (Wildman–Crippen LogP) is 5.81. The molecule has 0 aromatic carbocycles. The maximum atomic E-state index is 10.3. The Morgan fingerprint density at radius 1 is 1.26 bits per heavy atom. The maximum absolute atomic E-state index is 10.3. The van der Waals surface area contributed by atoms with E-state index in [1.807, 2.05) is 6.92 Å². The zero-order valence-electron chi connectivity index (χ0n) is 17.9. The molecule has 2 N–H and O–H groups in total. The number of aliphatic hydroxyl groups is 2. The van der Waals surface area contributed by atoms with Crippen LogP contribution in [0.5, 0.6) is 0 Å². The molecule has 2 nitrogen and oxygen atoms in total. The highest BCUT2D eigenvalue weighted by molar-refractivity contribution is 5.39. The molecule has 3 fully saturated rings. The van der Waals surface area contributed by atoms with Crippen molar-refractivity contribution in [2.24, 2.45) is 29.1 Å². The van der Waals surface area contributed by atoms with Crippen molar-refractivity contribution < 1.29 is 10.2 Å². The van der Waals surface area contributed by atoms with Crippen LogP contribution < -0.4 is 0 Å². The number of hydrogen-bond acceptors (Lipinski definition) is 2. The zero-order valence-corrected chi connectivity index (χ0v) is 17.9. The molecule has 3 saturated carbocycles. The van der Waals surface area contributed by atoms with E-state index < -0.39 is 12.2 Å². The van der Waals surface area contributed by atoms with Crippen LogP contribution in [0.25, 0.3) is 0 Å². The number of rotatable bonds is 4. The molecule has 152 valence electrons.